The van der Waals surface area contributed by atoms with Gasteiger partial charge in [-0.25, -0.2) is 13.6 Å². The highest BCUT2D eigenvalue weighted by atomic mass is 19.1. The third-order valence-corrected chi connectivity index (χ3v) is 3.56. The van der Waals surface area contributed by atoms with E-state index in [4.69, 9.17) is 0 Å². The maximum absolute atomic E-state index is 14.1. The van der Waals surface area contributed by atoms with Gasteiger partial charge in [0.1, 0.15) is 11.6 Å². The Bertz CT molecular complexity index is 817. The van der Waals surface area contributed by atoms with Crippen LogP contribution in [0.2, 0.25) is 0 Å². The molecule has 1 atom stereocenters. The molecule has 2 aromatic rings. The summed E-state index contributed by atoms with van der Waals surface area (Å²) >= 11 is 0. The van der Waals surface area contributed by atoms with Crippen LogP contribution in [0, 0.1) is 11.6 Å². The minimum absolute atomic E-state index is 0.280. The average Bonchev–Trinajstić information content (AvgIpc) is 3.01. The van der Waals surface area contributed by atoms with Crippen LogP contribution in [0.5, 0.6) is 0 Å². The van der Waals surface area contributed by atoms with Crippen LogP contribution in [-0.2, 0) is 21.4 Å². The van der Waals surface area contributed by atoms with E-state index in [1.54, 1.807) is 24.1 Å². The molecule has 8 heteroatoms. The summed E-state index contributed by atoms with van der Waals surface area (Å²) in [4.78, 5) is 25.4. The summed E-state index contributed by atoms with van der Waals surface area (Å²) in [6.45, 7) is 0. The molecule has 1 heterocycles. The van der Waals surface area contributed by atoms with Gasteiger partial charge < -0.3 is 9.64 Å². The third-order valence-electron chi connectivity index (χ3n) is 3.56. The highest BCUT2D eigenvalue weighted by Gasteiger charge is 2.31. The Labute approximate surface area is 143 Å². The van der Waals surface area contributed by atoms with Gasteiger partial charge in [0, 0.05) is 37.5 Å². The fraction of sp³-hybridized carbons (Fsp3) is 0.235. The molecular weight excluding hydrogens is 332 g/mol. The number of benzene rings is 1. The normalized spacial score (nSPS) is 12.2. The molecule has 1 aromatic heterocycles. The van der Waals surface area contributed by atoms with Crippen molar-refractivity contribution in [3.63, 3.8) is 0 Å². The highest BCUT2D eigenvalue weighted by molar-refractivity contribution is 5.94. The number of methoxy groups -OCH3 is 1. The number of esters is 1. The van der Waals surface area contributed by atoms with Crippen molar-refractivity contribution in [1.29, 1.82) is 0 Å². The summed E-state index contributed by atoms with van der Waals surface area (Å²) in [6, 6.07) is 1.28. The number of ether oxygens (including phenoxy) is 1. The van der Waals surface area contributed by atoms with Gasteiger partial charge in [0.15, 0.2) is 6.04 Å². The van der Waals surface area contributed by atoms with Gasteiger partial charge in [0.05, 0.1) is 13.3 Å². The summed E-state index contributed by atoms with van der Waals surface area (Å²) in [5, 5.41) is 3.96. The molecule has 0 saturated carbocycles. The van der Waals surface area contributed by atoms with Gasteiger partial charge in [-0.15, -0.1) is 0 Å². The van der Waals surface area contributed by atoms with Crippen LogP contribution in [0.25, 0.3) is 6.08 Å². The Morgan fingerprint density at radius 2 is 2.08 bits per heavy atom. The highest BCUT2D eigenvalue weighted by Crippen LogP contribution is 2.25. The predicted molar refractivity (Wildman–Crippen MR) is 86.1 cm³/mol. The standard InChI is InChI=1S/C17H17F2N3O3/c1-21-10-11(9-20-21)4-7-15(23)22(2)16(17(24)25-3)13-8-12(18)5-6-14(13)19/h4-10,16H,1-3H3. The molecule has 0 bridgehead atoms. The van der Waals surface area contributed by atoms with Crippen molar-refractivity contribution in [1.82, 2.24) is 14.7 Å². The SMILES string of the molecule is COC(=O)C(c1cc(F)ccc1F)N(C)C(=O)C=Cc1cnn(C)c1. The molecule has 2 rings (SSSR count). The van der Waals surface area contributed by atoms with E-state index in [-0.39, 0.29) is 5.56 Å². The van der Waals surface area contributed by atoms with Crippen molar-refractivity contribution < 1.29 is 23.1 Å². The fourth-order valence-corrected chi connectivity index (χ4v) is 2.27. The Hall–Kier alpha value is -3.03. The molecule has 0 fully saturated rings. The van der Waals surface area contributed by atoms with Crippen molar-refractivity contribution in [2.75, 3.05) is 14.2 Å². The number of hydrogen-bond acceptors (Lipinski definition) is 4. The largest absolute Gasteiger partial charge is 0.467 e. The maximum Gasteiger partial charge on any atom is 0.333 e. The molecule has 132 valence electrons. The lowest BCUT2D eigenvalue weighted by Crippen LogP contribution is -2.36. The summed E-state index contributed by atoms with van der Waals surface area (Å²) in [6.07, 6.45) is 5.95. The first-order valence-corrected chi connectivity index (χ1v) is 7.29. The maximum atomic E-state index is 14.1. The second kappa shape index (κ2) is 7.69. The van der Waals surface area contributed by atoms with Crippen molar-refractivity contribution in [3.05, 3.63) is 59.4 Å². The molecule has 0 N–H and O–H groups in total. The number of nitrogens with zero attached hydrogens (tertiary/aromatic N) is 3. The van der Waals surface area contributed by atoms with Gasteiger partial charge >= 0.3 is 5.97 Å². The number of halogens is 2. The lowest BCUT2D eigenvalue weighted by Gasteiger charge is -2.25. The van der Waals surface area contributed by atoms with Crippen LogP contribution in [0.4, 0.5) is 8.78 Å². The number of rotatable bonds is 5. The van der Waals surface area contributed by atoms with Gasteiger partial charge in [-0.2, -0.15) is 5.10 Å². The van der Waals surface area contributed by atoms with Gasteiger partial charge in [0.2, 0.25) is 5.91 Å². The van der Waals surface area contributed by atoms with E-state index in [0.29, 0.717) is 5.56 Å². The van der Waals surface area contributed by atoms with Crippen LogP contribution < -0.4 is 0 Å². The Morgan fingerprint density at radius 1 is 1.36 bits per heavy atom. The summed E-state index contributed by atoms with van der Waals surface area (Å²) < 4.78 is 33.7. The molecule has 0 aliphatic rings. The van der Waals surface area contributed by atoms with E-state index < -0.39 is 29.6 Å². The van der Waals surface area contributed by atoms with Crippen LogP contribution in [0.1, 0.15) is 17.2 Å². The van der Waals surface area contributed by atoms with E-state index >= 15 is 0 Å². The molecular formula is C17H17F2N3O3. The monoisotopic (exact) mass is 349 g/mol. The zero-order chi connectivity index (χ0) is 18.6. The first-order valence-electron chi connectivity index (χ1n) is 7.29. The minimum atomic E-state index is -1.41. The molecule has 1 aromatic carbocycles. The molecule has 1 unspecified atom stereocenters. The average molecular weight is 349 g/mol. The Balaban J connectivity index is 2.30. The van der Waals surface area contributed by atoms with Gasteiger partial charge in [-0.05, 0) is 24.3 Å². The Kier molecular flexibility index (Phi) is 5.63. The summed E-state index contributed by atoms with van der Waals surface area (Å²) in [7, 11) is 4.14. The first-order chi connectivity index (χ1) is 11.8. The second-order valence-corrected chi connectivity index (χ2v) is 5.32. The van der Waals surface area contributed by atoms with Gasteiger partial charge in [0.25, 0.3) is 0 Å². The van der Waals surface area contributed by atoms with E-state index in [1.807, 2.05) is 0 Å². The molecule has 0 radical (unpaired) electrons. The Morgan fingerprint density at radius 3 is 2.68 bits per heavy atom. The lowest BCUT2D eigenvalue weighted by atomic mass is 10.0. The smallest absolute Gasteiger partial charge is 0.333 e. The minimum Gasteiger partial charge on any atom is -0.467 e. The van der Waals surface area contributed by atoms with Crippen LogP contribution in [0.3, 0.4) is 0 Å². The lowest BCUT2D eigenvalue weighted by molar-refractivity contribution is -0.150. The van der Waals surface area contributed by atoms with E-state index in [9.17, 15) is 18.4 Å². The number of aromatic nitrogens is 2. The zero-order valence-electron chi connectivity index (χ0n) is 13.9. The molecule has 6 nitrogen and oxygen atoms in total. The molecule has 0 aliphatic heterocycles. The number of hydrogen-bond donors (Lipinski definition) is 0. The van der Waals surface area contributed by atoms with E-state index in [0.717, 1.165) is 30.2 Å². The van der Waals surface area contributed by atoms with Crippen molar-refractivity contribution in [2.45, 2.75) is 6.04 Å². The third kappa shape index (κ3) is 4.28. The molecule has 25 heavy (non-hydrogen) atoms. The second-order valence-electron chi connectivity index (χ2n) is 5.32. The van der Waals surface area contributed by atoms with Gasteiger partial charge in [-0.1, -0.05) is 0 Å². The van der Waals surface area contributed by atoms with Crippen LogP contribution in [0.15, 0.2) is 36.7 Å². The number of carbonyl (C=O) groups is 2. The topological polar surface area (TPSA) is 64.4 Å². The van der Waals surface area contributed by atoms with Crippen molar-refractivity contribution in [2.24, 2.45) is 7.05 Å². The quantitative estimate of drug-likeness (QED) is 0.612. The fourth-order valence-electron chi connectivity index (χ4n) is 2.27. The summed E-state index contributed by atoms with van der Waals surface area (Å²) in [5.74, 6) is -3.00. The van der Waals surface area contributed by atoms with Crippen LogP contribution in [-0.4, -0.2) is 40.7 Å². The molecule has 0 saturated heterocycles. The molecule has 0 aliphatic carbocycles. The van der Waals surface area contributed by atoms with E-state index in [2.05, 4.69) is 9.84 Å². The summed E-state index contributed by atoms with van der Waals surface area (Å²) in [5.41, 5.74) is 0.397. The number of likely N-dealkylation sites (N-methyl/N-ethyl adjacent to an activating group) is 1. The number of carbonyl (C=O) groups excluding carboxylic acids is 2. The zero-order valence-corrected chi connectivity index (χ0v) is 13.9. The number of aryl methyl sites for hydroxylation is 1. The van der Waals surface area contributed by atoms with Crippen molar-refractivity contribution in [3.8, 4) is 0 Å². The predicted octanol–water partition coefficient (Wildman–Crippen LogP) is 2.08. The molecule has 1 amide bonds. The van der Waals surface area contributed by atoms with Crippen LogP contribution >= 0.6 is 0 Å². The van der Waals surface area contributed by atoms with E-state index in [1.165, 1.54) is 19.2 Å². The number of amides is 1. The van der Waals surface area contributed by atoms with Crippen molar-refractivity contribution >= 4 is 18.0 Å². The molecule has 0 spiro atoms. The first kappa shape index (κ1) is 18.3. The van der Waals surface area contributed by atoms with Gasteiger partial charge in [-0.3, -0.25) is 9.48 Å².